The zero-order chi connectivity index (χ0) is 18.6. The number of rotatable bonds is 1. The maximum absolute atomic E-state index is 13.0. The molecule has 134 valence electrons. The van der Waals surface area contributed by atoms with E-state index in [4.69, 9.17) is 4.74 Å². The first kappa shape index (κ1) is 17.5. The van der Waals surface area contributed by atoms with Crippen molar-refractivity contribution in [2.24, 2.45) is 0 Å². The normalized spacial score (nSPS) is 18.3. The highest BCUT2D eigenvalue weighted by atomic mass is 19.4. The van der Waals surface area contributed by atoms with Crippen molar-refractivity contribution in [2.45, 2.75) is 51.4 Å². The molecule has 3 rings (SSSR count). The molecule has 0 fully saturated rings. The molecule has 0 bridgehead atoms. The maximum atomic E-state index is 13.0. The SMILES string of the molecule is CC(C)(C)OC(=O)C1C(=O)CCc2cc3ccc(C(F)(F)F)cc3n21. The fourth-order valence-electron chi connectivity index (χ4n) is 3.08. The highest BCUT2D eigenvalue weighted by Gasteiger charge is 2.38. The molecular weight excluding hydrogens is 335 g/mol. The number of aromatic nitrogens is 1. The Hall–Kier alpha value is -2.31. The molecule has 1 aromatic carbocycles. The summed E-state index contributed by atoms with van der Waals surface area (Å²) in [5.41, 5.74) is -0.741. The predicted octanol–water partition coefficient (Wildman–Crippen LogP) is 4.06. The fourth-order valence-corrected chi connectivity index (χ4v) is 3.08. The number of hydrogen-bond acceptors (Lipinski definition) is 3. The molecule has 0 saturated heterocycles. The molecule has 1 unspecified atom stereocenters. The van der Waals surface area contributed by atoms with Crippen LogP contribution in [0.4, 0.5) is 13.2 Å². The van der Waals surface area contributed by atoms with Gasteiger partial charge < -0.3 is 9.30 Å². The molecule has 4 nitrogen and oxygen atoms in total. The summed E-state index contributed by atoms with van der Waals surface area (Å²) in [5.74, 6) is -1.09. The third kappa shape index (κ3) is 3.27. The van der Waals surface area contributed by atoms with Gasteiger partial charge in [0.05, 0.1) is 11.1 Å². The van der Waals surface area contributed by atoms with E-state index in [0.29, 0.717) is 17.5 Å². The standard InChI is InChI=1S/C18H18F3NO3/c1-17(2,3)25-16(24)15-14(23)7-6-12-8-10-4-5-11(18(19,20)21)9-13(10)22(12)15/h4-5,8-9,15H,6-7H2,1-3H3. The van der Waals surface area contributed by atoms with E-state index >= 15 is 0 Å². The highest BCUT2D eigenvalue weighted by Crippen LogP contribution is 2.36. The number of carbonyl (C=O) groups excluding carboxylic acids is 2. The molecule has 2 aromatic rings. The van der Waals surface area contributed by atoms with Gasteiger partial charge in [0.2, 0.25) is 0 Å². The van der Waals surface area contributed by atoms with Crippen molar-refractivity contribution in [2.75, 3.05) is 0 Å². The minimum atomic E-state index is -4.50. The largest absolute Gasteiger partial charge is 0.458 e. The quantitative estimate of drug-likeness (QED) is 0.574. The lowest BCUT2D eigenvalue weighted by Gasteiger charge is -2.28. The van der Waals surface area contributed by atoms with Crippen LogP contribution in [0.3, 0.4) is 0 Å². The van der Waals surface area contributed by atoms with Gasteiger partial charge in [0.15, 0.2) is 11.8 Å². The maximum Gasteiger partial charge on any atom is 0.416 e. The second kappa shape index (κ2) is 5.61. The topological polar surface area (TPSA) is 48.3 Å². The first-order chi connectivity index (χ1) is 11.5. The fraction of sp³-hybridized carbons (Fsp3) is 0.444. The van der Waals surface area contributed by atoms with E-state index < -0.39 is 29.4 Å². The molecule has 2 heterocycles. The summed E-state index contributed by atoms with van der Waals surface area (Å²) in [5, 5.41) is 0.561. The molecule has 0 saturated carbocycles. The molecule has 1 aliphatic heterocycles. The average molecular weight is 353 g/mol. The van der Waals surface area contributed by atoms with Gasteiger partial charge in [-0.3, -0.25) is 4.79 Å². The van der Waals surface area contributed by atoms with Crippen molar-refractivity contribution < 1.29 is 27.5 Å². The third-order valence-corrected chi connectivity index (χ3v) is 4.07. The number of carbonyl (C=O) groups is 2. The van der Waals surface area contributed by atoms with Crippen LogP contribution in [0.5, 0.6) is 0 Å². The Kier molecular flexibility index (Phi) is 3.93. The van der Waals surface area contributed by atoms with Crippen LogP contribution in [0, 0.1) is 0 Å². The van der Waals surface area contributed by atoms with Gasteiger partial charge in [0.1, 0.15) is 5.60 Å². The Balaban J connectivity index is 2.16. The molecule has 0 aliphatic carbocycles. The van der Waals surface area contributed by atoms with E-state index in [9.17, 15) is 22.8 Å². The Bertz CT molecular complexity index is 859. The number of ether oxygens (including phenoxy) is 1. The van der Waals surface area contributed by atoms with Gasteiger partial charge in [-0.05, 0) is 50.8 Å². The first-order valence-corrected chi connectivity index (χ1v) is 7.94. The number of alkyl halides is 3. The number of esters is 1. The monoisotopic (exact) mass is 353 g/mol. The van der Waals surface area contributed by atoms with Gasteiger partial charge in [0.25, 0.3) is 0 Å². The Labute approximate surface area is 142 Å². The molecule has 0 amide bonds. The summed E-state index contributed by atoms with van der Waals surface area (Å²) in [6, 6.07) is 3.82. The van der Waals surface area contributed by atoms with E-state index in [-0.39, 0.29) is 17.7 Å². The summed E-state index contributed by atoms with van der Waals surface area (Å²) in [7, 11) is 0. The average Bonchev–Trinajstić information content (AvgIpc) is 2.82. The number of hydrogen-bond donors (Lipinski definition) is 0. The highest BCUT2D eigenvalue weighted by molar-refractivity contribution is 6.04. The number of aryl methyl sites for hydroxylation is 1. The third-order valence-electron chi connectivity index (χ3n) is 4.07. The molecule has 25 heavy (non-hydrogen) atoms. The lowest BCUT2D eigenvalue weighted by atomic mass is 10.0. The molecule has 1 aliphatic rings. The Morgan fingerprint density at radius 2 is 1.84 bits per heavy atom. The first-order valence-electron chi connectivity index (χ1n) is 7.94. The summed E-state index contributed by atoms with van der Waals surface area (Å²) < 4.78 is 45.8. The summed E-state index contributed by atoms with van der Waals surface area (Å²) >= 11 is 0. The molecule has 0 N–H and O–H groups in total. The van der Waals surface area contributed by atoms with Gasteiger partial charge >= 0.3 is 12.1 Å². The van der Waals surface area contributed by atoms with E-state index in [1.807, 2.05) is 0 Å². The van der Waals surface area contributed by atoms with Crippen LogP contribution in [0.1, 0.15) is 44.5 Å². The smallest absolute Gasteiger partial charge is 0.416 e. The molecule has 1 atom stereocenters. The summed E-state index contributed by atoms with van der Waals surface area (Å²) in [6.45, 7) is 5.03. The number of benzene rings is 1. The van der Waals surface area contributed by atoms with Crippen LogP contribution in [0.25, 0.3) is 10.9 Å². The number of Topliss-reactive ketones (excluding diaryl/α,β-unsaturated/α-hetero) is 1. The van der Waals surface area contributed by atoms with Crippen LogP contribution in [-0.2, 0) is 26.9 Å². The Morgan fingerprint density at radius 1 is 1.16 bits per heavy atom. The molecule has 1 aromatic heterocycles. The van der Waals surface area contributed by atoms with Crippen molar-refractivity contribution >= 4 is 22.7 Å². The van der Waals surface area contributed by atoms with Gasteiger partial charge in [-0.25, -0.2) is 4.79 Å². The van der Waals surface area contributed by atoms with Crippen LogP contribution in [0.15, 0.2) is 24.3 Å². The molecule has 0 radical (unpaired) electrons. The van der Waals surface area contributed by atoms with Crippen LogP contribution in [0.2, 0.25) is 0 Å². The molecular formula is C18H18F3NO3. The summed E-state index contributed by atoms with van der Waals surface area (Å²) in [6.07, 6.45) is -3.96. The lowest BCUT2D eigenvalue weighted by Crippen LogP contribution is -2.37. The van der Waals surface area contributed by atoms with E-state index in [2.05, 4.69) is 0 Å². The summed E-state index contributed by atoms with van der Waals surface area (Å²) in [4.78, 5) is 24.9. The zero-order valence-corrected chi connectivity index (χ0v) is 14.1. The van der Waals surface area contributed by atoms with E-state index in [1.54, 1.807) is 26.8 Å². The second-order valence-corrected chi connectivity index (χ2v) is 7.18. The number of fused-ring (bicyclic) bond motifs is 3. The van der Waals surface area contributed by atoms with Gasteiger partial charge in [-0.15, -0.1) is 0 Å². The molecule has 7 heteroatoms. The van der Waals surface area contributed by atoms with Crippen molar-refractivity contribution in [3.8, 4) is 0 Å². The van der Waals surface area contributed by atoms with E-state index in [1.165, 1.54) is 10.6 Å². The Morgan fingerprint density at radius 3 is 2.44 bits per heavy atom. The zero-order valence-electron chi connectivity index (χ0n) is 14.1. The van der Waals surface area contributed by atoms with Gasteiger partial charge in [-0.2, -0.15) is 13.2 Å². The van der Waals surface area contributed by atoms with Gasteiger partial charge in [-0.1, -0.05) is 6.07 Å². The van der Waals surface area contributed by atoms with Crippen LogP contribution in [-0.4, -0.2) is 21.9 Å². The van der Waals surface area contributed by atoms with Crippen molar-refractivity contribution in [1.82, 2.24) is 4.57 Å². The minimum Gasteiger partial charge on any atom is -0.458 e. The van der Waals surface area contributed by atoms with Gasteiger partial charge in [0, 0.05) is 12.1 Å². The van der Waals surface area contributed by atoms with Crippen molar-refractivity contribution in [3.63, 3.8) is 0 Å². The number of nitrogens with zero attached hydrogens (tertiary/aromatic N) is 1. The van der Waals surface area contributed by atoms with Crippen LogP contribution >= 0.6 is 0 Å². The van der Waals surface area contributed by atoms with Crippen molar-refractivity contribution in [1.29, 1.82) is 0 Å². The molecule has 0 spiro atoms. The minimum absolute atomic E-state index is 0.159. The lowest BCUT2D eigenvalue weighted by molar-refractivity contribution is -0.161. The number of ketones is 1. The van der Waals surface area contributed by atoms with Crippen LogP contribution < -0.4 is 0 Å². The second-order valence-electron chi connectivity index (χ2n) is 7.18. The van der Waals surface area contributed by atoms with Crippen molar-refractivity contribution in [3.05, 3.63) is 35.5 Å². The predicted molar refractivity (Wildman–Crippen MR) is 85.2 cm³/mol. The number of halogens is 3. The van der Waals surface area contributed by atoms with E-state index in [0.717, 1.165) is 12.1 Å².